The van der Waals surface area contributed by atoms with E-state index in [1.807, 2.05) is 61.5 Å². The van der Waals surface area contributed by atoms with Gasteiger partial charge < -0.3 is 14.6 Å². The number of pyridine rings is 1. The predicted octanol–water partition coefficient (Wildman–Crippen LogP) is 6.32. The molecule has 2 heterocycles. The van der Waals surface area contributed by atoms with Crippen LogP contribution in [0, 0.1) is 5.82 Å². The van der Waals surface area contributed by atoms with Crippen LogP contribution in [-0.2, 0) is 6.54 Å². The lowest BCUT2D eigenvalue weighted by atomic mass is 9.99. The molecule has 6 nitrogen and oxygen atoms in total. The van der Waals surface area contributed by atoms with E-state index in [2.05, 4.69) is 10.3 Å². The van der Waals surface area contributed by atoms with Gasteiger partial charge >= 0.3 is 0 Å². The zero-order valence-corrected chi connectivity index (χ0v) is 21.1. The number of amides is 2. The second-order valence-electron chi connectivity index (χ2n) is 8.86. The Morgan fingerprint density at radius 1 is 0.895 bits per heavy atom. The molecule has 2 aromatic heterocycles. The van der Waals surface area contributed by atoms with Crippen LogP contribution in [0.15, 0.2) is 95.7 Å². The van der Waals surface area contributed by atoms with Crippen LogP contribution in [0.3, 0.4) is 0 Å². The summed E-state index contributed by atoms with van der Waals surface area (Å²) >= 11 is 0. The monoisotopic (exact) mass is 507 g/mol. The SMILES string of the molecule is CCN(Cc1ccncc1)C(=O)c1ccc(-c2ccc3oc(-c4ccc(F)cc4)c(C(=O)NC)c3c2)cc1. The van der Waals surface area contributed by atoms with Crippen molar-refractivity contribution in [3.8, 4) is 22.5 Å². The van der Waals surface area contributed by atoms with Crippen LogP contribution in [-0.4, -0.2) is 35.3 Å². The molecule has 7 heteroatoms. The van der Waals surface area contributed by atoms with Crippen LogP contribution in [0.25, 0.3) is 33.4 Å². The number of rotatable bonds is 7. The molecule has 5 aromatic rings. The van der Waals surface area contributed by atoms with E-state index in [-0.39, 0.29) is 17.6 Å². The summed E-state index contributed by atoms with van der Waals surface area (Å²) < 4.78 is 19.5. The van der Waals surface area contributed by atoms with Gasteiger partial charge in [0.05, 0.1) is 5.56 Å². The Morgan fingerprint density at radius 3 is 2.21 bits per heavy atom. The van der Waals surface area contributed by atoms with E-state index in [4.69, 9.17) is 4.42 Å². The minimum atomic E-state index is -0.366. The molecule has 0 saturated carbocycles. The molecular formula is C31H26FN3O3. The van der Waals surface area contributed by atoms with Crippen molar-refractivity contribution in [2.75, 3.05) is 13.6 Å². The Balaban J connectivity index is 1.46. The molecule has 5 rings (SSSR count). The first-order valence-corrected chi connectivity index (χ1v) is 12.3. The van der Waals surface area contributed by atoms with E-state index in [1.165, 1.54) is 12.1 Å². The highest BCUT2D eigenvalue weighted by molar-refractivity contribution is 6.11. The van der Waals surface area contributed by atoms with Gasteiger partial charge in [-0.3, -0.25) is 14.6 Å². The smallest absolute Gasteiger partial charge is 0.255 e. The molecule has 0 spiro atoms. The number of furan rings is 1. The Bertz CT molecular complexity index is 1590. The normalized spacial score (nSPS) is 10.9. The molecule has 0 atom stereocenters. The number of nitrogens with zero attached hydrogens (tertiary/aromatic N) is 2. The zero-order valence-electron chi connectivity index (χ0n) is 21.1. The number of halogens is 1. The third kappa shape index (κ3) is 4.91. The Labute approximate surface area is 219 Å². The van der Waals surface area contributed by atoms with Gasteiger partial charge in [-0.25, -0.2) is 4.39 Å². The summed E-state index contributed by atoms with van der Waals surface area (Å²) in [6, 6.07) is 22.7. The third-order valence-corrected chi connectivity index (χ3v) is 6.51. The van der Waals surface area contributed by atoms with E-state index >= 15 is 0 Å². The average Bonchev–Trinajstić information content (AvgIpc) is 3.35. The van der Waals surface area contributed by atoms with Gasteiger partial charge in [-0.05, 0) is 84.3 Å². The van der Waals surface area contributed by atoms with Gasteiger partial charge in [0.15, 0.2) is 0 Å². The maximum Gasteiger partial charge on any atom is 0.255 e. The Hall–Kier alpha value is -4.78. The highest BCUT2D eigenvalue weighted by Gasteiger charge is 2.22. The fourth-order valence-corrected chi connectivity index (χ4v) is 4.46. The van der Waals surface area contributed by atoms with Crippen molar-refractivity contribution < 1.29 is 18.4 Å². The standard InChI is InChI=1S/C31H26FN3O3/c1-3-35(19-20-14-16-34-17-15-20)31(37)23-6-4-21(5-7-23)24-10-13-27-26(18-24)28(30(36)33-2)29(38-27)22-8-11-25(32)12-9-22/h4-18H,3,19H2,1-2H3,(H,33,36). The zero-order chi connectivity index (χ0) is 26.6. The number of benzene rings is 3. The van der Waals surface area contributed by atoms with E-state index in [0.717, 1.165) is 16.7 Å². The van der Waals surface area contributed by atoms with E-state index in [1.54, 1.807) is 36.5 Å². The molecule has 0 aliphatic heterocycles. The maximum atomic E-state index is 13.5. The van der Waals surface area contributed by atoms with Crippen LogP contribution in [0.5, 0.6) is 0 Å². The quantitative estimate of drug-likeness (QED) is 0.280. The van der Waals surface area contributed by atoms with Gasteiger partial charge in [-0.15, -0.1) is 0 Å². The largest absolute Gasteiger partial charge is 0.455 e. The number of hydrogen-bond acceptors (Lipinski definition) is 4. The van der Waals surface area contributed by atoms with Gasteiger partial charge in [0, 0.05) is 49.0 Å². The molecule has 0 aliphatic rings. The first-order chi connectivity index (χ1) is 18.5. The van der Waals surface area contributed by atoms with Gasteiger partial charge in [0.2, 0.25) is 0 Å². The minimum Gasteiger partial charge on any atom is -0.455 e. The fourth-order valence-electron chi connectivity index (χ4n) is 4.46. The highest BCUT2D eigenvalue weighted by atomic mass is 19.1. The Kier molecular flexibility index (Phi) is 7.00. The first kappa shape index (κ1) is 24.9. The van der Waals surface area contributed by atoms with Crippen molar-refractivity contribution in [3.63, 3.8) is 0 Å². The van der Waals surface area contributed by atoms with Crippen molar-refractivity contribution in [3.05, 3.63) is 114 Å². The van der Waals surface area contributed by atoms with Crippen LogP contribution < -0.4 is 5.32 Å². The van der Waals surface area contributed by atoms with Crippen molar-refractivity contribution in [2.24, 2.45) is 0 Å². The lowest BCUT2D eigenvalue weighted by molar-refractivity contribution is 0.0752. The summed E-state index contributed by atoms with van der Waals surface area (Å²) in [5.74, 6) is -0.330. The number of nitrogens with one attached hydrogen (secondary N) is 1. The molecule has 0 saturated heterocycles. The van der Waals surface area contributed by atoms with Crippen LogP contribution in [0.2, 0.25) is 0 Å². The molecule has 3 aromatic carbocycles. The van der Waals surface area contributed by atoms with Crippen LogP contribution >= 0.6 is 0 Å². The summed E-state index contributed by atoms with van der Waals surface area (Å²) in [6.45, 7) is 3.05. The molecular weight excluding hydrogens is 481 g/mol. The first-order valence-electron chi connectivity index (χ1n) is 12.3. The van der Waals surface area contributed by atoms with Crippen molar-refractivity contribution in [1.82, 2.24) is 15.2 Å². The molecule has 2 amide bonds. The Morgan fingerprint density at radius 2 is 1.55 bits per heavy atom. The molecule has 0 bridgehead atoms. The minimum absolute atomic E-state index is 0.0491. The van der Waals surface area contributed by atoms with Crippen molar-refractivity contribution in [2.45, 2.75) is 13.5 Å². The van der Waals surface area contributed by atoms with Crippen LogP contribution in [0.1, 0.15) is 33.2 Å². The van der Waals surface area contributed by atoms with Crippen molar-refractivity contribution >= 4 is 22.8 Å². The predicted molar refractivity (Wildman–Crippen MR) is 145 cm³/mol. The molecule has 1 N–H and O–H groups in total. The van der Waals surface area contributed by atoms with E-state index in [0.29, 0.717) is 46.5 Å². The maximum absolute atomic E-state index is 13.5. The average molecular weight is 508 g/mol. The lowest BCUT2D eigenvalue weighted by Crippen LogP contribution is -2.30. The number of hydrogen-bond donors (Lipinski definition) is 1. The second kappa shape index (κ2) is 10.7. The van der Waals surface area contributed by atoms with E-state index in [9.17, 15) is 14.0 Å². The summed E-state index contributed by atoms with van der Waals surface area (Å²) in [7, 11) is 1.56. The van der Waals surface area contributed by atoms with Gasteiger partial charge in [0.1, 0.15) is 17.2 Å². The number of carbonyl (C=O) groups is 2. The molecule has 190 valence electrons. The lowest BCUT2D eigenvalue weighted by Gasteiger charge is -2.21. The molecule has 0 unspecified atom stereocenters. The number of aromatic nitrogens is 1. The molecule has 38 heavy (non-hydrogen) atoms. The number of carbonyl (C=O) groups excluding carboxylic acids is 2. The molecule has 0 radical (unpaired) electrons. The van der Waals surface area contributed by atoms with E-state index < -0.39 is 0 Å². The topological polar surface area (TPSA) is 75.4 Å². The summed E-state index contributed by atoms with van der Waals surface area (Å²) in [4.78, 5) is 31.8. The summed E-state index contributed by atoms with van der Waals surface area (Å²) in [5, 5.41) is 3.32. The summed E-state index contributed by atoms with van der Waals surface area (Å²) in [6.07, 6.45) is 3.44. The van der Waals surface area contributed by atoms with Gasteiger partial charge in [0.25, 0.3) is 11.8 Å². The third-order valence-electron chi connectivity index (χ3n) is 6.51. The highest BCUT2D eigenvalue weighted by Crippen LogP contribution is 2.36. The fraction of sp³-hybridized carbons (Fsp3) is 0.129. The van der Waals surface area contributed by atoms with Crippen molar-refractivity contribution in [1.29, 1.82) is 0 Å². The van der Waals surface area contributed by atoms with Crippen LogP contribution in [0.4, 0.5) is 4.39 Å². The second-order valence-corrected chi connectivity index (χ2v) is 8.86. The molecule has 0 fully saturated rings. The van der Waals surface area contributed by atoms with Gasteiger partial charge in [-0.2, -0.15) is 0 Å². The molecule has 0 aliphatic carbocycles. The van der Waals surface area contributed by atoms with Gasteiger partial charge in [-0.1, -0.05) is 18.2 Å². The number of fused-ring (bicyclic) bond motifs is 1. The summed E-state index contributed by atoms with van der Waals surface area (Å²) in [5.41, 5.74) is 4.93.